The second-order valence-electron chi connectivity index (χ2n) is 9.79. The van der Waals surface area contributed by atoms with Gasteiger partial charge >= 0.3 is 0 Å². The smallest absolute Gasteiger partial charge is 0.209 e. The average molecular weight is 497 g/mol. The van der Waals surface area contributed by atoms with Gasteiger partial charge < -0.3 is 15.6 Å². The van der Waals surface area contributed by atoms with Crippen molar-refractivity contribution in [2.45, 2.75) is 38.0 Å². The van der Waals surface area contributed by atoms with Crippen LogP contribution < -0.4 is 21.8 Å². The van der Waals surface area contributed by atoms with Crippen LogP contribution in [0.25, 0.3) is 0 Å². The highest BCUT2D eigenvalue weighted by molar-refractivity contribution is 6.98. The molecule has 0 saturated heterocycles. The lowest BCUT2D eigenvalue weighted by molar-refractivity contribution is 0.550. The van der Waals surface area contributed by atoms with Gasteiger partial charge in [0.05, 0.1) is 0 Å². The van der Waals surface area contributed by atoms with Crippen LogP contribution in [0.1, 0.15) is 11.1 Å². The van der Waals surface area contributed by atoms with Crippen molar-refractivity contribution in [2.24, 2.45) is 0 Å². The highest BCUT2D eigenvalue weighted by atomic mass is 28.4. The third-order valence-electron chi connectivity index (χ3n) is 6.90. The Bertz CT molecular complexity index is 1140. The molecule has 0 aliphatic heterocycles. The Morgan fingerprint density at radius 3 is 1.31 bits per heavy atom. The predicted molar refractivity (Wildman–Crippen MR) is 155 cm³/mol. The molecule has 0 spiro atoms. The van der Waals surface area contributed by atoms with Gasteiger partial charge in [0.2, 0.25) is 16.6 Å². The van der Waals surface area contributed by atoms with Crippen molar-refractivity contribution >= 4 is 38.4 Å². The van der Waals surface area contributed by atoms with Crippen LogP contribution in [0.5, 0.6) is 0 Å². The molecule has 0 heterocycles. The SMILES string of the molecule is C[Si](CCc1cccc(N)c1)(O[Si](C)(CCc1cccc(N)c1)c1ccccc1)c1ccccc1. The lowest BCUT2D eigenvalue weighted by Crippen LogP contribution is -2.60. The van der Waals surface area contributed by atoms with Gasteiger partial charge in [-0.05, 0) is 83.8 Å². The predicted octanol–water partition coefficient (Wildman–Crippen LogP) is 5.62. The molecule has 0 aliphatic carbocycles. The number of nitrogens with two attached hydrogens (primary N) is 2. The average Bonchev–Trinajstić information content (AvgIpc) is 2.88. The molecule has 0 amide bonds. The maximum atomic E-state index is 7.52. The molecule has 35 heavy (non-hydrogen) atoms. The topological polar surface area (TPSA) is 61.3 Å². The van der Waals surface area contributed by atoms with Gasteiger partial charge in [-0.25, -0.2) is 0 Å². The molecular weight excluding hydrogens is 461 g/mol. The van der Waals surface area contributed by atoms with Crippen LogP contribution in [0.2, 0.25) is 25.2 Å². The molecule has 5 heteroatoms. The molecule has 0 bridgehead atoms. The van der Waals surface area contributed by atoms with E-state index in [1.165, 1.54) is 21.5 Å². The van der Waals surface area contributed by atoms with Crippen LogP contribution in [0.15, 0.2) is 109 Å². The van der Waals surface area contributed by atoms with Crippen LogP contribution in [-0.4, -0.2) is 16.6 Å². The van der Waals surface area contributed by atoms with Crippen molar-refractivity contribution in [2.75, 3.05) is 11.5 Å². The molecule has 4 rings (SSSR count). The summed E-state index contributed by atoms with van der Waals surface area (Å²) in [5.41, 5.74) is 16.3. The standard InChI is InChI=1S/C30H36N2OSi2/c1-34(29-15-5-3-6-16-29,21-19-25-11-9-13-27(31)23-25)33-35(2,30-17-7-4-8-18-30)22-20-26-12-10-14-28(32)24-26/h3-18,23-24H,19-22,31-32H2,1-2H3. The quantitative estimate of drug-likeness (QED) is 0.221. The number of rotatable bonds is 10. The van der Waals surface area contributed by atoms with Gasteiger partial charge in [0, 0.05) is 11.4 Å². The summed E-state index contributed by atoms with van der Waals surface area (Å²) < 4.78 is 7.52. The van der Waals surface area contributed by atoms with Gasteiger partial charge in [0.15, 0.2) is 0 Å². The van der Waals surface area contributed by atoms with Crippen LogP contribution in [0, 0.1) is 0 Å². The number of hydrogen-bond acceptors (Lipinski definition) is 3. The second-order valence-corrected chi connectivity index (χ2v) is 17.7. The Morgan fingerprint density at radius 2 is 0.943 bits per heavy atom. The van der Waals surface area contributed by atoms with Crippen molar-refractivity contribution in [3.8, 4) is 0 Å². The van der Waals surface area contributed by atoms with Gasteiger partial charge in [-0.3, -0.25) is 0 Å². The minimum atomic E-state index is -2.30. The molecule has 0 aliphatic rings. The van der Waals surface area contributed by atoms with Crippen molar-refractivity contribution in [1.29, 1.82) is 0 Å². The Labute approximate surface area is 212 Å². The zero-order chi connectivity index (χ0) is 24.7. The van der Waals surface area contributed by atoms with Gasteiger partial charge in [-0.15, -0.1) is 0 Å². The minimum Gasteiger partial charge on any atom is -0.448 e. The summed E-state index contributed by atoms with van der Waals surface area (Å²) in [5, 5.41) is 2.70. The molecule has 4 aromatic carbocycles. The summed E-state index contributed by atoms with van der Waals surface area (Å²) in [5.74, 6) is 0. The Morgan fingerprint density at radius 1 is 0.543 bits per heavy atom. The van der Waals surface area contributed by atoms with E-state index in [9.17, 15) is 0 Å². The van der Waals surface area contributed by atoms with Crippen molar-refractivity contribution in [1.82, 2.24) is 0 Å². The number of benzene rings is 4. The number of hydrogen-bond donors (Lipinski definition) is 2. The first-order valence-electron chi connectivity index (χ1n) is 12.4. The van der Waals surface area contributed by atoms with Crippen molar-refractivity contribution in [3.05, 3.63) is 120 Å². The zero-order valence-corrected chi connectivity index (χ0v) is 22.8. The fraction of sp³-hybridized carbons (Fsp3) is 0.200. The second kappa shape index (κ2) is 11.1. The summed E-state index contributed by atoms with van der Waals surface area (Å²) in [6, 6.07) is 40.3. The molecule has 3 nitrogen and oxygen atoms in total. The first-order valence-corrected chi connectivity index (χ1v) is 17.6. The Hall–Kier alpha value is -3.13. The minimum absolute atomic E-state index is 0.817. The summed E-state index contributed by atoms with van der Waals surface area (Å²) in [6.07, 6.45) is 1.91. The van der Waals surface area contributed by atoms with E-state index in [0.29, 0.717) is 0 Å². The molecule has 0 saturated carbocycles. The van der Waals surface area contributed by atoms with Crippen molar-refractivity contribution in [3.63, 3.8) is 0 Å². The van der Waals surface area contributed by atoms with Crippen LogP contribution in [0.3, 0.4) is 0 Å². The van der Waals surface area contributed by atoms with E-state index < -0.39 is 16.6 Å². The maximum Gasteiger partial charge on any atom is 0.209 e. The molecule has 0 aromatic heterocycles. The summed E-state index contributed by atoms with van der Waals surface area (Å²) in [7, 11) is -4.59. The number of nitrogen functional groups attached to an aromatic ring is 2. The number of aryl methyl sites for hydroxylation is 2. The normalized spacial score (nSPS) is 14.7. The first kappa shape index (κ1) is 25.0. The van der Waals surface area contributed by atoms with E-state index in [0.717, 1.165) is 36.3 Å². The molecular formula is C30H36N2OSi2. The van der Waals surface area contributed by atoms with Gasteiger partial charge in [0.25, 0.3) is 0 Å². The van der Waals surface area contributed by atoms with E-state index in [1.807, 2.05) is 24.3 Å². The van der Waals surface area contributed by atoms with Crippen LogP contribution >= 0.6 is 0 Å². The summed E-state index contributed by atoms with van der Waals surface area (Å²) in [6.45, 7) is 4.78. The molecule has 2 unspecified atom stereocenters. The third-order valence-corrected chi connectivity index (χ3v) is 16.0. The monoisotopic (exact) mass is 496 g/mol. The van der Waals surface area contributed by atoms with E-state index >= 15 is 0 Å². The fourth-order valence-corrected chi connectivity index (χ4v) is 14.5. The largest absolute Gasteiger partial charge is 0.448 e. The van der Waals surface area contributed by atoms with E-state index in [1.54, 1.807) is 0 Å². The highest BCUT2D eigenvalue weighted by Gasteiger charge is 2.41. The van der Waals surface area contributed by atoms with Crippen LogP contribution in [-0.2, 0) is 17.0 Å². The molecule has 4 N–H and O–H groups in total. The molecule has 180 valence electrons. The van der Waals surface area contributed by atoms with E-state index in [2.05, 4.69) is 98.0 Å². The lowest BCUT2D eigenvalue weighted by Gasteiger charge is -2.39. The third kappa shape index (κ3) is 6.51. The van der Waals surface area contributed by atoms with Crippen LogP contribution in [0.4, 0.5) is 11.4 Å². The van der Waals surface area contributed by atoms with Gasteiger partial charge in [-0.1, -0.05) is 84.9 Å². The highest BCUT2D eigenvalue weighted by Crippen LogP contribution is 2.26. The van der Waals surface area contributed by atoms with Gasteiger partial charge in [0.1, 0.15) is 0 Å². The molecule has 2 atom stereocenters. The van der Waals surface area contributed by atoms with Crippen molar-refractivity contribution < 1.29 is 4.12 Å². The lowest BCUT2D eigenvalue weighted by atomic mass is 10.1. The van der Waals surface area contributed by atoms with E-state index in [4.69, 9.17) is 15.6 Å². The number of anilines is 2. The molecule has 0 fully saturated rings. The van der Waals surface area contributed by atoms with E-state index in [-0.39, 0.29) is 0 Å². The molecule has 0 radical (unpaired) electrons. The fourth-order valence-electron chi connectivity index (χ4n) is 4.85. The Kier molecular flexibility index (Phi) is 7.91. The summed E-state index contributed by atoms with van der Waals surface area (Å²) >= 11 is 0. The zero-order valence-electron chi connectivity index (χ0n) is 20.8. The van der Waals surface area contributed by atoms with Gasteiger partial charge in [-0.2, -0.15) is 0 Å². The first-order chi connectivity index (χ1) is 16.9. The Balaban J connectivity index is 1.66. The maximum absolute atomic E-state index is 7.52. The molecule has 4 aromatic rings. The summed E-state index contributed by atoms with van der Waals surface area (Å²) in [4.78, 5) is 0.